The van der Waals surface area contributed by atoms with E-state index in [4.69, 9.17) is 0 Å². The van der Waals surface area contributed by atoms with Crippen molar-refractivity contribution in [2.75, 3.05) is 31.5 Å². The predicted molar refractivity (Wildman–Crippen MR) is 133 cm³/mol. The molecule has 9 heteroatoms. The zero-order chi connectivity index (χ0) is 25.2. The number of fused-ring (bicyclic) bond motifs is 1. The number of piperazine rings is 1. The molecule has 1 fully saturated rings. The molecule has 1 aliphatic heterocycles. The molecular formula is C27H25F2N5O2. The summed E-state index contributed by atoms with van der Waals surface area (Å²) in [5, 5.41) is 2.85. The maximum Gasteiger partial charge on any atom is 0.255 e. The molecule has 0 spiro atoms. The van der Waals surface area contributed by atoms with Crippen LogP contribution in [0.3, 0.4) is 0 Å². The summed E-state index contributed by atoms with van der Waals surface area (Å²) in [6.45, 7) is 3.97. The number of carbonyl (C=O) groups excluding carboxylic acids is 2. The third kappa shape index (κ3) is 4.83. The number of benzene rings is 3. The number of hydrogen-bond donors (Lipinski definition) is 2. The van der Waals surface area contributed by atoms with Gasteiger partial charge in [0.1, 0.15) is 11.6 Å². The molecule has 2 N–H and O–H groups in total. The number of aromatic nitrogens is 2. The van der Waals surface area contributed by atoms with Gasteiger partial charge in [-0.25, -0.2) is 13.8 Å². The predicted octanol–water partition coefficient (Wildman–Crippen LogP) is 4.61. The molecule has 1 aromatic heterocycles. The van der Waals surface area contributed by atoms with Gasteiger partial charge in [-0.1, -0.05) is 12.1 Å². The molecule has 2 heterocycles. The molecule has 0 radical (unpaired) electrons. The fourth-order valence-corrected chi connectivity index (χ4v) is 4.54. The zero-order valence-electron chi connectivity index (χ0n) is 19.7. The van der Waals surface area contributed by atoms with Crippen LogP contribution in [0.4, 0.5) is 14.5 Å². The summed E-state index contributed by atoms with van der Waals surface area (Å²) in [6, 6.07) is 15.4. The number of halogens is 2. The smallest absolute Gasteiger partial charge is 0.255 e. The van der Waals surface area contributed by atoms with Gasteiger partial charge >= 0.3 is 0 Å². The van der Waals surface area contributed by atoms with Crippen molar-refractivity contribution in [3.05, 3.63) is 95.3 Å². The van der Waals surface area contributed by atoms with E-state index in [0.29, 0.717) is 48.6 Å². The van der Waals surface area contributed by atoms with Crippen molar-refractivity contribution in [2.45, 2.75) is 13.0 Å². The van der Waals surface area contributed by atoms with Crippen molar-refractivity contribution in [1.82, 2.24) is 19.8 Å². The second kappa shape index (κ2) is 9.87. The van der Waals surface area contributed by atoms with Gasteiger partial charge in [0.25, 0.3) is 11.8 Å². The highest BCUT2D eigenvalue weighted by atomic mass is 19.1. The molecule has 36 heavy (non-hydrogen) atoms. The Morgan fingerprint density at radius 1 is 0.972 bits per heavy atom. The van der Waals surface area contributed by atoms with E-state index >= 15 is 0 Å². The molecule has 1 aliphatic rings. The lowest BCUT2D eigenvalue weighted by atomic mass is 10.0. The zero-order valence-corrected chi connectivity index (χ0v) is 19.7. The van der Waals surface area contributed by atoms with E-state index in [1.165, 1.54) is 12.1 Å². The van der Waals surface area contributed by atoms with E-state index in [-0.39, 0.29) is 17.9 Å². The topological polar surface area (TPSA) is 81.3 Å². The van der Waals surface area contributed by atoms with Crippen LogP contribution in [0.1, 0.15) is 39.2 Å². The Hall–Kier alpha value is -4.11. The number of H-pyrrole nitrogens is 1. The normalized spacial score (nSPS) is 15.1. The van der Waals surface area contributed by atoms with Crippen molar-refractivity contribution in [1.29, 1.82) is 0 Å². The maximum absolute atomic E-state index is 14.2. The number of rotatable bonds is 5. The van der Waals surface area contributed by atoms with Gasteiger partial charge in [-0.3, -0.25) is 14.5 Å². The monoisotopic (exact) mass is 489 g/mol. The van der Waals surface area contributed by atoms with Crippen LogP contribution in [-0.2, 0) is 0 Å². The fraction of sp³-hybridized carbons (Fsp3) is 0.222. The summed E-state index contributed by atoms with van der Waals surface area (Å²) < 4.78 is 27.5. The quantitative estimate of drug-likeness (QED) is 0.429. The van der Waals surface area contributed by atoms with Crippen molar-refractivity contribution in [3.63, 3.8) is 0 Å². The maximum atomic E-state index is 14.2. The number of amides is 2. The standard InChI is InChI=1S/C27H25F2N5O2/c1-17(22-7-6-20(28)15-23(22)29)33-9-11-34(12-10-33)27(36)19-3-2-4-21(13-19)32-26(35)18-5-8-24-25(14-18)31-16-30-24/h2-8,13-17H,9-12H2,1H3,(H,30,31)(H,32,35). The van der Waals surface area contributed by atoms with Crippen molar-refractivity contribution in [2.24, 2.45) is 0 Å². The summed E-state index contributed by atoms with van der Waals surface area (Å²) in [7, 11) is 0. The number of imidazole rings is 1. The molecule has 184 valence electrons. The van der Waals surface area contributed by atoms with Gasteiger partial charge in [0.2, 0.25) is 0 Å². The minimum Gasteiger partial charge on any atom is -0.345 e. The highest BCUT2D eigenvalue weighted by molar-refractivity contribution is 6.06. The van der Waals surface area contributed by atoms with Gasteiger partial charge in [0.15, 0.2) is 0 Å². The average molecular weight is 490 g/mol. The summed E-state index contributed by atoms with van der Waals surface area (Å²) in [5.74, 6) is -1.59. The molecule has 5 rings (SSSR count). The number of nitrogens with one attached hydrogen (secondary N) is 2. The number of anilines is 1. The first kappa shape index (κ1) is 23.6. The van der Waals surface area contributed by atoms with Gasteiger partial charge in [0, 0.05) is 60.7 Å². The summed E-state index contributed by atoms with van der Waals surface area (Å²) >= 11 is 0. The van der Waals surface area contributed by atoms with E-state index in [2.05, 4.69) is 20.2 Å². The second-order valence-electron chi connectivity index (χ2n) is 8.84. The minimum atomic E-state index is -0.601. The van der Waals surface area contributed by atoms with Gasteiger partial charge in [-0.15, -0.1) is 0 Å². The van der Waals surface area contributed by atoms with Gasteiger partial charge in [-0.05, 0) is 49.4 Å². The summed E-state index contributed by atoms with van der Waals surface area (Å²) in [5.41, 5.74) is 3.45. The summed E-state index contributed by atoms with van der Waals surface area (Å²) in [6.07, 6.45) is 1.57. The number of nitrogens with zero attached hydrogens (tertiary/aromatic N) is 3. The van der Waals surface area contributed by atoms with Crippen LogP contribution < -0.4 is 5.32 Å². The number of hydrogen-bond acceptors (Lipinski definition) is 4. The number of aromatic amines is 1. The molecule has 1 unspecified atom stereocenters. The van der Waals surface area contributed by atoms with Crippen LogP contribution in [-0.4, -0.2) is 57.8 Å². The largest absolute Gasteiger partial charge is 0.345 e. The molecule has 7 nitrogen and oxygen atoms in total. The van der Waals surface area contributed by atoms with Crippen molar-refractivity contribution in [3.8, 4) is 0 Å². The fourth-order valence-electron chi connectivity index (χ4n) is 4.54. The van der Waals surface area contributed by atoms with Gasteiger partial charge in [0.05, 0.1) is 17.4 Å². The molecule has 0 bridgehead atoms. The van der Waals surface area contributed by atoms with Gasteiger partial charge in [-0.2, -0.15) is 0 Å². The highest BCUT2D eigenvalue weighted by Gasteiger charge is 2.27. The Morgan fingerprint density at radius 3 is 2.56 bits per heavy atom. The second-order valence-corrected chi connectivity index (χ2v) is 8.84. The molecule has 1 atom stereocenters. The lowest BCUT2D eigenvalue weighted by Crippen LogP contribution is -2.49. The molecule has 3 aromatic carbocycles. The first-order chi connectivity index (χ1) is 17.4. The third-order valence-corrected chi connectivity index (χ3v) is 6.61. The van der Waals surface area contributed by atoms with Crippen LogP contribution in [0.25, 0.3) is 11.0 Å². The Bertz CT molecular complexity index is 1430. The van der Waals surface area contributed by atoms with Crippen LogP contribution in [0.2, 0.25) is 0 Å². The Morgan fingerprint density at radius 2 is 1.78 bits per heavy atom. The number of carbonyl (C=O) groups is 2. The molecular weight excluding hydrogens is 464 g/mol. The van der Waals surface area contributed by atoms with Crippen molar-refractivity contribution >= 4 is 28.5 Å². The molecule has 2 amide bonds. The highest BCUT2D eigenvalue weighted by Crippen LogP contribution is 2.25. The Labute approximate surface area is 206 Å². The van der Waals surface area contributed by atoms with E-state index in [1.807, 2.05) is 6.92 Å². The lowest BCUT2D eigenvalue weighted by molar-refractivity contribution is 0.0579. The van der Waals surface area contributed by atoms with E-state index < -0.39 is 11.6 Å². The molecule has 4 aromatic rings. The van der Waals surface area contributed by atoms with E-state index in [9.17, 15) is 18.4 Å². The van der Waals surface area contributed by atoms with Gasteiger partial charge < -0.3 is 15.2 Å². The molecule has 0 saturated carbocycles. The van der Waals surface area contributed by atoms with Crippen LogP contribution >= 0.6 is 0 Å². The third-order valence-electron chi connectivity index (χ3n) is 6.61. The molecule has 0 aliphatic carbocycles. The summed E-state index contributed by atoms with van der Waals surface area (Å²) in [4.78, 5) is 36.8. The van der Waals surface area contributed by atoms with E-state index in [1.54, 1.807) is 53.7 Å². The van der Waals surface area contributed by atoms with Crippen LogP contribution in [0, 0.1) is 11.6 Å². The van der Waals surface area contributed by atoms with Crippen LogP contribution in [0.5, 0.6) is 0 Å². The first-order valence-electron chi connectivity index (χ1n) is 11.7. The average Bonchev–Trinajstić information content (AvgIpc) is 3.36. The molecule has 1 saturated heterocycles. The first-order valence-corrected chi connectivity index (χ1v) is 11.7. The van der Waals surface area contributed by atoms with Crippen LogP contribution in [0.15, 0.2) is 67.0 Å². The lowest BCUT2D eigenvalue weighted by Gasteiger charge is -2.38. The minimum absolute atomic E-state index is 0.134. The Balaban J connectivity index is 1.21. The van der Waals surface area contributed by atoms with Crippen molar-refractivity contribution < 1.29 is 18.4 Å². The SMILES string of the molecule is CC(c1ccc(F)cc1F)N1CCN(C(=O)c2cccc(NC(=O)c3ccc4nc[nH]c4c3)c2)CC1. The van der Waals surface area contributed by atoms with E-state index in [0.717, 1.165) is 17.1 Å². The Kier molecular flexibility index (Phi) is 6.47.